The highest BCUT2D eigenvalue weighted by atomic mass is 15.3. The molecule has 124 valence electrons. The average Bonchev–Trinajstić information content (AvgIpc) is 2.49. The molecular formula is C18H37N3. The summed E-state index contributed by atoms with van der Waals surface area (Å²) in [5.74, 6) is 0. The van der Waals surface area contributed by atoms with E-state index in [-0.39, 0.29) is 0 Å². The summed E-state index contributed by atoms with van der Waals surface area (Å²) in [5.41, 5.74) is 5.68. The van der Waals surface area contributed by atoms with E-state index in [2.05, 4.69) is 9.80 Å². The lowest BCUT2D eigenvalue weighted by atomic mass is 9.96. The van der Waals surface area contributed by atoms with Crippen molar-refractivity contribution < 1.29 is 0 Å². The van der Waals surface area contributed by atoms with E-state index in [9.17, 15) is 0 Å². The molecule has 1 saturated heterocycles. The highest BCUT2D eigenvalue weighted by molar-refractivity contribution is 4.79. The molecule has 2 aliphatic rings. The molecule has 0 aromatic heterocycles. The molecule has 0 amide bonds. The van der Waals surface area contributed by atoms with Crippen molar-refractivity contribution in [2.24, 2.45) is 5.73 Å². The summed E-state index contributed by atoms with van der Waals surface area (Å²) in [4.78, 5) is 5.32. The van der Waals surface area contributed by atoms with Crippen molar-refractivity contribution in [3.05, 3.63) is 0 Å². The largest absolute Gasteiger partial charge is 0.329 e. The van der Waals surface area contributed by atoms with Gasteiger partial charge in [0.05, 0.1) is 0 Å². The van der Waals surface area contributed by atoms with Gasteiger partial charge in [0.2, 0.25) is 0 Å². The molecule has 0 aromatic carbocycles. The number of nitrogens with zero attached hydrogens (tertiary/aromatic N) is 2. The third kappa shape index (κ3) is 6.66. The lowest BCUT2D eigenvalue weighted by Gasteiger charge is -2.39. The Balaban J connectivity index is 1.75. The number of hydrogen-bond acceptors (Lipinski definition) is 3. The Labute approximate surface area is 132 Å². The molecule has 2 fully saturated rings. The van der Waals surface area contributed by atoms with Crippen molar-refractivity contribution in [2.75, 3.05) is 39.3 Å². The van der Waals surface area contributed by atoms with Gasteiger partial charge in [-0.1, -0.05) is 57.8 Å². The fourth-order valence-corrected chi connectivity index (χ4v) is 4.04. The van der Waals surface area contributed by atoms with Crippen LogP contribution in [0.15, 0.2) is 0 Å². The van der Waals surface area contributed by atoms with Crippen LogP contribution in [0.4, 0.5) is 0 Å². The van der Waals surface area contributed by atoms with Gasteiger partial charge in [0.15, 0.2) is 0 Å². The zero-order valence-corrected chi connectivity index (χ0v) is 14.1. The van der Waals surface area contributed by atoms with Crippen LogP contribution < -0.4 is 5.73 Å². The third-order valence-electron chi connectivity index (χ3n) is 5.44. The zero-order chi connectivity index (χ0) is 14.8. The molecule has 0 unspecified atom stereocenters. The fraction of sp³-hybridized carbons (Fsp3) is 1.00. The van der Waals surface area contributed by atoms with Gasteiger partial charge in [0.25, 0.3) is 0 Å². The molecule has 2 rings (SSSR count). The van der Waals surface area contributed by atoms with Gasteiger partial charge in [-0.3, -0.25) is 9.80 Å². The van der Waals surface area contributed by atoms with Gasteiger partial charge in [0.1, 0.15) is 0 Å². The molecule has 1 aliphatic carbocycles. The quantitative estimate of drug-likeness (QED) is 0.867. The monoisotopic (exact) mass is 295 g/mol. The molecule has 0 atom stereocenters. The van der Waals surface area contributed by atoms with Crippen LogP contribution in [-0.4, -0.2) is 55.1 Å². The summed E-state index contributed by atoms with van der Waals surface area (Å²) in [5, 5.41) is 0. The van der Waals surface area contributed by atoms with Crippen LogP contribution in [0.3, 0.4) is 0 Å². The highest BCUT2D eigenvalue weighted by Gasteiger charge is 2.22. The second kappa shape index (κ2) is 10.6. The normalized spacial score (nSPS) is 26.1. The topological polar surface area (TPSA) is 32.5 Å². The molecule has 1 saturated carbocycles. The summed E-state index contributed by atoms with van der Waals surface area (Å²) in [6.07, 6.45) is 16.1. The van der Waals surface area contributed by atoms with Crippen molar-refractivity contribution in [3.63, 3.8) is 0 Å². The lowest BCUT2D eigenvalue weighted by Crippen LogP contribution is -2.51. The van der Waals surface area contributed by atoms with Crippen molar-refractivity contribution >= 4 is 0 Å². The molecule has 3 nitrogen and oxygen atoms in total. The molecule has 3 heteroatoms. The smallest absolute Gasteiger partial charge is 0.0113 e. The summed E-state index contributed by atoms with van der Waals surface area (Å²) in [6, 6.07) is 0.865. The third-order valence-corrected chi connectivity index (χ3v) is 5.44. The molecule has 0 radical (unpaired) electrons. The van der Waals surface area contributed by atoms with Crippen molar-refractivity contribution in [1.29, 1.82) is 0 Å². The first-order valence-corrected chi connectivity index (χ1v) is 9.56. The van der Waals surface area contributed by atoms with Gasteiger partial charge < -0.3 is 5.73 Å². The van der Waals surface area contributed by atoms with Crippen LogP contribution in [0.2, 0.25) is 0 Å². The number of rotatable bonds is 3. The Morgan fingerprint density at radius 2 is 1.14 bits per heavy atom. The first-order valence-electron chi connectivity index (χ1n) is 9.56. The van der Waals surface area contributed by atoms with Crippen molar-refractivity contribution in [1.82, 2.24) is 9.80 Å². The average molecular weight is 296 g/mol. The SMILES string of the molecule is NCCN1CCN(C2CCCCCCCCCCC2)CC1. The maximum absolute atomic E-state index is 5.68. The Bertz CT molecular complexity index is 237. The maximum atomic E-state index is 5.68. The summed E-state index contributed by atoms with van der Waals surface area (Å²) in [6.45, 7) is 6.89. The van der Waals surface area contributed by atoms with Crippen LogP contribution in [0.25, 0.3) is 0 Å². The number of nitrogens with two attached hydrogens (primary N) is 1. The van der Waals surface area contributed by atoms with E-state index in [0.717, 1.165) is 19.1 Å². The van der Waals surface area contributed by atoms with Crippen LogP contribution in [0, 0.1) is 0 Å². The molecule has 1 heterocycles. The minimum Gasteiger partial charge on any atom is -0.329 e. The Hall–Kier alpha value is -0.120. The Morgan fingerprint density at radius 1 is 0.667 bits per heavy atom. The maximum Gasteiger partial charge on any atom is 0.0113 e. The van der Waals surface area contributed by atoms with E-state index in [0.29, 0.717) is 0 Å². The van der Waals surface area contributed by atoms with E-state index in [1.807, 2.05) is 0 Å². The van der Waals surface area contributed by atoms with E-state index < -0.39 is 0 Å². The molecule has 0 aromatic rings. The minimum absolute atomic E-state index is 0.809. The lowest BCUT2D eigenvalue weighted by molar-refractivity contribution is 0.0871. The number of piperazine rings is 1. The first-order chi connectivity index (χ1) is 10.4. The second-order valence-corrected chi connectivity index (χ2v) is 7.08. The standard InChI is InChI=1S/C18H37N3/c19-12-13-20-14-16-21(17-15-20)18-10-8-6-4-2-1-3-5-7-9-11-18/h18H,1-17,19H2. The van der Waals surface area contributed by atoms with Gasteiger partial charge in [-0.05, 0) is 12.8 Å². The summed E-state index contributed by atoms with van der Waals surface area (Å²) in [7, 11) is 0. The van der Waals surface area contributed by atoms with E-state index in [4.69, 9.17) is 5.73 Å². The van der Waals surface area contributed by atoms with Crippen LogP contribution in [-0.2, 0) is 0 Å². The summed E-state index contributed by atoms with van der Waals surface area (Å²) >= 11 is 0. The number of hydrogen-bond donors (Lipinski definition) is 1. The molecule has 2 N–H and O–H groups in total. The van der Waals surface area contributed by atoms with E-state index >= 15 is 0 Å². The van der Waals surface area contributed by atoms with Gasteiger partial charge in [-0.25, -0.2) is 0 Å². The predicted octanol–water partition coefficient (Wildman–Crippen LogP) is 3.24. The van der Waals surface area contributed by atoms with Gasteiger partial charge in [-0.15, -0.1) is 0 Å². The van der Waals surface area contributed by atoms with E-state index in [1.165, 1.54) is 96.8 Å². The Kier molecular flexibility index (Phi) is 8.68. The second-order valence-electron chi connectivity index (χ2n) is 7.08. The molecule has 21 heavy (non-hydrogen) atoms. The highest BCUT2D eigenvalue weighted by Crippen LogP contribution is 2.21. The molecule has 0 spiro atoms. The van der Waals surface area contributed by atoms with E-state index in [1.54, 1.807) is 0 Å². The zero-order valence-electron chi connectivity index (χ0n) is 14.1. The first kappa shape index (κ1) is 17.2. The van der Waals surface area contributed by atoms with Gasteiger partial charge >= 0.3 is 0 Å². The minimum atomic E-state index is 0.809. The van der Waals surface area contributed by atoms with Crippen LogP contribution in [0.1, 0.15) is 70.6 Å². The summed E-state index contributed by atoms with van der Waals surface area (Å²) < 4.78 is 0. The Morgan fingerprint density at radius 3 is 1.62 bits per heavy atom. The molecular weight excluding hydrogens is 258 g/mol. The van der Waals surface area contributed by atoms with Crippen molar-refractivity contribution in [2.45, 2.75) is 76.7 Å². The predicted molar refractivity (Wildman–Crippen MR) is 91.6 cm³/mol. The van der Waals surface area contributed by atoms with Gasteiger partial charge in [0, 0.05) is 45.3 Å². The van der Waals surface area contributed by atoms with Crippen molar-refractivity contribution in [3.8, 4) is 0 Å². The molecule has 0 bridgehead atoms. The van der Waals surface area contributed by atoms with Crippen LogP contribution in [0.5, 0.6) is 0 Å². The fourth-order valence-electron chi connectivity index (χ4n) is 4.04. The molecule has 1 aliphatic heterocycles. The van der Waals surface area contributed by atoms with Crippen LogP contribution >= 0.6 is 0 Å². The van der Waals surface area contributed by atoms with Gasteiger partial charge in [-0.2, -0.15) is 0 Å².